The summed E-state index contributed by atoms with van der Waals surface area (Å²) in [6, 6.07) is 8.09. The van der Waals surface area contributed by atoms with Crippen molar-refractivity contribution in [2.24, 2.45) is 0 Å². The van der Waals surface area contributed by atoms with Gasteiger partial charge in [0.05, 0.1) is 10.6 Å². The van der Waals surface area contributed by atoms with Gasteiger partial charge in [-0.25, -0.2) is 8.42 Å². The maximum Gasteiger partial charge on any atom is 0.221 e. The van der Waals surface area contributed by atoms with Crippen LogP contribution in [-0.4, -0.2) is 26.6 Å². The fraction of sp³-hybridized carbons (Fsp3) is 0.308. The van der Waals surface area contributed by atoms with Gasteiger partial charge in [0, 0.05) is 19.4 Å². The van der Waals surface area contributed by atoms with Gasteiger partial charge < -0.3 is 5.32 Å². The number of terminal acetylenes is 1. The first kappa shape index (κ1) is 14.3. The highest BCUT2D eigenvalue weighted by molar-refractivity contribution is 7.91. The fourth-order valence-corrected chi connectivity index (χ4v) is 2.60. The zero-order valence-electron chi connectivity index (χ0n) is 9.93. The Kier molecular flexibility index (Phi) is 5.40. The molecule has 1 N–H and O–H groups in total. The van der Waals surface area contributed by atoms with Crippen LogP contribution in [0.1, 0.15) is 12.8 Å². The highest BCUT2D eigenvalue weighted by Gasteiger charge is 2.15. The summed E-state index contributed by atoms with van der Waals surface area (Å²) in [5.41, 5.74) is 0. The largest absolute Gasteiger partial charge is 0.355 e. The Morgan fingerprint density at radius 3 is 2.56 bits per heavy atom. The first-order valence-corrected chi connectivity index (χ1v) is 7.19. The second kappa shape index (κ2) is 6.82. The van der Waals surface area contributed by atoms with E-state index >= 15 is 0 Å². The summed E-state index contributed by atoms with van der Waals surface area (Å²) >= 11 is 0. The minimum atomic E-state index is -3.39. The Labute approximate surface area is 107 Å². The van der Waals surface area contributed by atoms with Crippen LogP contribution in [0.25, 0.3) is 0 Å². The summed E-state index contributed by atoms with van der Waals surface area (Å²) < 4.78 is 23.7. The van der Waals surface area contributed by atoms with Crippen molar-refractivity contribution >= 4 is 15.7 Å². The van der Waals surface area contributed by atoms with Crippen molar-refractivity contribution in [3.63, 3.8) is 0 Å². The molecule has 96 valence electrons. The first-order chi connectivity index (χ1) is 8.56. The van der Waals surface area contributed by atoms with E-state index in [0.29, 0.717) is 13.0 Å². The number of sulfone groups is 1. The molecule has 0 saturated carbocycles. The van der Waals surface area contributed by atoms with E-state index < -0.39 is 9.84 Å². The lowest BCUT2D eigenvalue weighted by molar-refractivity contribution is -0.120. The van der Waals surface area contributed by atoms with Gasteiger partial charge >= 0.3 is 0 Å². The van der Waals surface area contributed by atoms with Crippen molar-refractivity contribution in [1.29, 1.82) is 0 Å². The molecule has 5 heteroatoms. The van der Waals surface area contributed by atoms with Crippen LogP contribution in [0, 0.1) is 12.3 Å². The molecule has 1 amide bonds. The minimum absolute atomic E-state index is 0.0538. The van der Waals surface area contributed by atoms with Gasteiger partial charge in [0.25, 0.3) is 0 Å². The van der Waals surface area contributed by atoms with Crippen molar-refractivity contribution in [3.05, 3.63) is 30.3 Å². The SMILES string of the molecule is C#CCCNC(=O)CCS(=O)(=O)c1ccccc1. The third kappa shape index (κ3) is 4.60. The average molecular weight is 265 g/mol. The third-order valence-corrected chi connectivity index (χ3v) is 4.02. The van der Waals surface area contributed by atoms with E-state index in [-0.39, 0.29) is 23.0 Å². The summed E-state index contributed by atoms with van der Waals surface area (Å²) in [5, 5.41) is 2.56. The van der Waals surface area contributed by atoms with E-state index in [0.717, 1.165) is 0 Å². The number of carbonyl (C=O) groups is 1. The van der Waals surface area contributed by atoms with Crippen molar-refractivity contribution < 1.29 is 13.2 Å². The number of rotatable bonds is 6. The summed E-state index contributed by atoms with van der Waals surface area (Å²) in [7, 11) is -3.39. The van der Waals surface area contributed by atoms with Crippen LogP contribution in [0.4, 0.5) is 0 Å². The number of benzene rings is 1. The molecule has 1 aromatic carbocycles. The summed E-state index contributed by atoms with van der Waals surface area (Å²) in [6.45, 7) is 0.376. The lowest BCUT2D eigenvalue weighted by Crippen LogP contribution is -2.26. The number of hydrogen-bond donors (Lipinski definition) is 1. The molecule has 18 heavy (non-hydrogen) atoms. The Bertz CT molecular complexity index is 529. The molecule has 0 radical (unpaired) electrons. The molecule has 1 rings (SSSR count). The standard InChI is InChI=1S/C13H15NO3S/c1-2-3-10-14-13(15)9-11-18(16,17)12-7-5-4-6-8-12/h1,4-8H,3,9-11H2,(H,14,15). The predicted octanol–water partition coefficient (Wildman–Crippen LogP) is 0.990. The minimum Gasteiger partial charge on any atom is -0.355 e. The van der Waals surface area contributed by atoms with Crippen molar-refractivity contribution in [2.45, 2.75) is 17.7 Å². The second-order valence-electron chi connectivity index (χ2n) is 3.69. The Morgan fingerprint density at radius 2 is 1.94 bits per heavy atom. The molecule has 0 saturated heterocycles. The van der Waals surface area contributed by atoms with Crippen LogP contribution in [0.3, 0.4) is 0 Å². The summed E-state index contributed by atoms with van der Waals surface area (Å²) in [5.74, 6) is 1.89. The second-order valence-corrected chi connectivity index (χ2v) is 5.80. The molecule has 0 bridgehead atoms. The van der Waals surface area contributed by atoms with E-state index in [9.17, 15) is 13.2 Å². The predicted molar refractivity (Wildman–Crippen MR) is 69.6 cm³/mol. The molecule has 0 spiro atoms. The first-order valence-electron chi connectivity index (χ1n) is 5.54. The van der Waals surface area contributed by atoms with E-state index in [1.807, 2.05) is 0 Å². The quantitative estimate of drug-likeness (QED) is 0.616. The normalized spacial score (nSPS) is 10.6. The number of hydrogen-bond acceptors (Lipinski definition) is 3. The Hall–Kier alpha value is -1.80. The van der Waals surface area contributed by atoms with E-state index in [2.05, 4.69) is 11.2 Å². The number of amides is 1. The van der Waals surface area contributed by atoms with Crippen LogP contribution in [0.5, 0.6) is 0 Å². The smallest absolute Gasteiger partial charge is 0.221 e. The number of carbonyl (C=O) groups excluding carboxylic acids is 1. The van der Waals surface area contributed by atoms with Crippen LogP contribution in [0.2, 0.25) is 0 Å². The lowest BCUT2D eigenvalue weighted by Gasteiger charge is -2.05. The molecule has 4 nitrogen and oxygen atoms in total. The van der Waals surface area contributed by atoms with Crippen LogP contribution in [0.15, 0.2) is 35.2 Å². The molecule has 0 aromatic heterocycles. The van der Waals surface area contributed by atoms with Crippen molar-refractivity contribution in [3.8, 4) is 12.3 Å². The Balaban J connectivity index is 2.49. The van der Waals surface area contributed by atoms with Crippen LogP contribution >= 0.6 is 0 Å². The summed E-state index contributed by atoms with van der Waals surface area (Å²) in [6.07, 6.45) is 5.42. The molecule has 0 fully saturated rings. The number of nitrogens with one attached hydrogen (secondary N) is 1. The van der Waals surface area contributed by atoms with Gasteiger partial charge in [0.2, 0.25) is 5.91 Å². The van der Waals surface area contributed by atoms with Gasteiger partial charge in [-0.3, -0.25) is 4.79 Å². The van der Waals surface area contributed by atoms with Gasteiger partial charge in [-0.1, -0.05) is 18.2 Å². The maximum absolute atomic E-state index is 11.9. The molecule has 0 aliphatic rings. The van der Waals surface area contributed by atoms with Crippen molar-refractivity contribution in [2.75, 3.05) is 12.3 Å². The molecule has 0 aliphatic heterocycles. The summed E-state index contributed by atoms with van der Waals surface area (Å²) in [4.78, 5) is 11.6. The Morgan fingerprint density at radius 1 is 1.28 bits per heavy atom. The lowest BCUT2D eigenvalue weighted by atomic mass is 10.4. The van der Waals surface area contributed by atoms with Gasteiger partial charge in [0.15, 0.2) is 9.84 Å². The van der Waals surface area contributed by atoms with E-state index in [1.165, 1.54) is 12.1 Å². The molecule has 1 aromatic rings. The van der Waals surface area contributed by atoms with Gasteiger partial charge in [-0.05, 0) is 12.1 Å². The topological polar surface area (TPSA) is 63.2 Å². The average Bonchev–Trinajstić information content (AvgIpc) is 2.38. The molecular weight excluding hydrogens is 250 g/mol. The molecule has 0 atom stereocenters. The highest BCUT2D eigenvalue weighted by atomic mass is 32.2. The van der Waals surface area contributed by atoms with E-state index in [1.54, 1.807) is 18.2 Å². The van der Waals surface area contributed by atoms with Crippen LogP contribution in [-0.2, 0) is 14.6 Å². The molecule has 0 unspecified atom stereocenters. The van der Waals surface area contributed by atoms with Crippen molar-refractivity contribution in [1.82, 2.24) is 5.32 Å². The van der Waals surface area contributed by atoms with Gasteiger partial charge in [0.1, 0.15) is 0 Å². The van der Waals surface area contributed by atoms with E-state index in [4.69, 9.17) is 6.42 Å². The molecule has 0 heterocycles. The highest BCUT2D eigenvalue weighted by Crippen LogP contribution is 2.10. The zero-order chi connectivity index (χ0) is 13.4. The molecular formula is C13H15NO3S. The van der Waals surface area contributed by atoms with Crippen LogP contribution < -0.4 is 5.32 Å². The third-order valence-electron chi connectivity index (χ3n) is 2.29. The monoisotopic (exact) mass is 265 g/mol. The fourth-order valence-electron chi connectivity index (χ4n) is 1.34. The molecule has 0 aliphatic carbocycles. The van der Waals surface area contributed by atoms with Gasteiger partial charge in [-0.2, -0.15) is 0 Å². The van der Waals surface area contributed by atoms with Gasteiger partial charge in [-0.15, -0.1) is 12.3 Å². The maximum atomic E-state index is 11.9. The zero-order valence-corrected chi connectivity index (χ0v) is 10.7.